The van der Waals surface area contributed by atoms with Gasteiger partial charge in [-0.15, -0.1) is 0 Å². The van der Waals surface area contributed by atoms with Gasteiger partial charge in [-0.25, -0.2) is 0 Å². The quantitative estimate of drug-likeness (QED) is 0.426. The average molecular weight is 254 g/mol. The maximum atomic E-state index is 12.4. The van der Waals surface area contributed by atoms with E-state index in [1.807, 2.05) is 13.0 Å². The Labute approximate surface area is 106 Å². The van der Waals surface area contributed by atoms with Crippen LogP contribution in [0.3, 0.4) is 0 Å². The topological polar surface area (TPSA) is 61.8 Å². The second-order valence-electron chi connectivity index (χ2n) is 4.79. The zero-order valence-electron chi connectivity index (χ0n) is 11.1. The van der Waals surface area contributed by atoms with Gasteiger partial charge in [0.25, 0.3) is 0 Å². The van der Waals surface area contributed by atoms with Gasteiger partial charge in [0, 0.05) is 20.1 Å². The van der Waals surface area contributed by atoms with Gasteiger partial charge in [0.1, 0.15) is 0 Å². The third kappa shape index (κ3) is 1.54. The van der Waals surface area contributed by atoms with E-state index in [2.05, 4.69) is 0 Å². The minimum absolute atomic E-state index is 0.190. The maximum Gasteiger partial charge on any atom is 0.309 e. The Morgan fingerprint density at radius 2 is 1.94 bits per heavy atom. The number of methoxy groups -OCH3 is 3. The van der Waals surface area contributed by atoms with Crippen LogP contribution in [0.1, 0.15) is 13.3 Å². The predicted molar refractivity (Wildman–Crippen MR) is 62.6 cm³/mol. The third-order valence-electron chi connectivity index (χ3n) is 4.13. The van der Waals surface area contributed by atoms with Crippen LogP contribution < -0.4 is 0 Å². The summed E-state index contributed by atoms with van der Waals surface area (Å²) in [6.07, 6.45) is 2.36. The first-order valence-electron chi connectivity index (χ1n) is 5.92. The molecule has 2 bridgehead atoms. The number of esters is 1. The molecular formula is C13H18O5. The fraction of sp³-hybridized carbons (Fsp3) is 0.692. The van der Waals surface area contributed by atoms with E-state index in [1.54, 1.807) is 0 Å². The zero-order chi connectivity index (χ0) is 13.5. The van der Waals surface area contributed by atoms with E-state index in [9.17, 15) is 9.59 Å². The number of carbonyl (C=O) groups is 2. The van der Waals surface area contributed by atoms with E-state index < -0.39 is 17.6 Å². The van der Waals surface area contributed by atoms with Gasteiger partial charge in [-0.05, 0) is 13.3 Å². The Hall–Kier alpha value is -1.20. The van der Waals surface area contributed by atoms with Crippen LogP contribution in [0, 0.1) is 17.8 Å². The zero-order valence-corrected chi connectivity index (χ0v) is 11.1. The molecule has 5 heteroatoms. The molecule has 0 heterocycles. The molecule has 3 rings (SSSR count). The Morgan fingerprint density at radius 3 is 2.44 bits per heavy atom. The van der Waals surface area contributed by atoms with Crippen molar-refractivity contribution in [3.05, 3.63) is 11.6 Å². The number of Topliss-reactive ketones (excluding diaryl/α,β-unsaturated/α-hetero) is 1. The molecule has 0 N–H and O–H groups in total. The molecule has 1 fully saturated rings. The Bertz CT molecular complexity index is 408. The molecule has 0 spiro atoms. The molecule has 100 valence electrons. The molecule has 0 radical (unpaired) electrons. The van der Waals surface area contributed by atoms with Crippen molar-refractivity contribution in [3.8, 4) is 0 Å². The van der Waals surface area contributed by atoms with Crippen molar-refractivity contribution in [2.75, 3.05) is 21.3 Å². The van der Waals surface area contributed by atoms with Gasteiger partial charge >= 0.3 is 5.97 Å². The molecule has 0 aromatic rings. The van der Waals surface area contributed by atoms with E-state index in [1.165, 1.54) is 21.3 Å². The number of carbonyl (C=O) groups excluding carboxylic acids is 2. The number of fused-ring (bicyclic) bond motifs is 2. The molecule has 0 saturated heterocycles. The summed E-state index contributed by atoms with van der Waals surface area (Å²) in [4.78, 5) is 24.2. The summed E-state index contributed by atoms with van der Waals surface area (Å²) in [7, 11) is 4.26. The van der Waals surface area contributed by atoms with Gasteiger partial charge < -0.3 is 14.2 Å². The van der Waals surface area contributed by atoms with Crippen LogP contribution in [0.25, 0.3) is 0 Å². The maximum absolute atomic E-state index is 12.4. The van der Waals surface area contributed by atoms with Crippen molar-refractivity contribution in [1.82, 2.24) is 0 Å². The molecule has 3 aliphatic carbocycles. The fourth-order valence-corrected chi connectivity index (χ4v) is 3.18. The van der Waals surface area contributed by atoms with Crippen molar-refractivity contribution in [3.63, 3.8) is 0 Å². The molecule has 0 aliphatic heterocycles. The SMILES string of the molecule is COC(=O)C1C[C@H]2C(C)=C[C@@H]1C(=O)C2(OC)OC. The van der Waals surface area contributed by atoms with Crippen molar-refractivity contribution < 1.29 is 23.8 Å². The molecule has 0 aromatic heterocycles. The van der Waals surface area contributed by atoms with Gasteiger partial charge in [0.2, 0.25) is 5.79 Å². The van der Waals surface area contributed by atoms with Crippen LogP contribution in [-0.2, 0) is 23.8 Å². The van der Waals surface area contributed by atoms with Crippen molar-refractivity contribution in [2.45, 2.75) is 19.1 Å². The molecule has 3 aliphatic rings. The normalized spacial score (nSPS) is 33.2. The van der Waals surface area contributed by atoms with Crippen molar-refractivity contribution >= 4 is 11.8 Å². The third-order valence-corrected chi connectivity index (χ3v) is 4.13. The number of hydrogen-bond donors (Lipinski definition) is 0. The first kappa shape index (κ1) is 13.2. The van der Waals surface area contributed by atoms with Crippen molar-refractivity contribution in [1.29, 1.82) is 0 Å². The number of ether oxygens (including phenoxy) is 3. The van der Waals surface area contributed by atoms with Crippen LogP contribution in [-0.4, -0.2) is 38.9 Å². The van der Waals surface area contributed by atoms with Gasteiger partial charge in [-0.3, -0.25) is 9.59 Å². The number of ketones is 1. The van der Waals surface area contributed by atoms with Crippen LogP contribution in [0.4, 0.5) is 0 Å². The monoisotopic (exact) mass is 254 g/mol. The molecule has 1 saturated carbocycles. The summed E-state index contributed by atoms with van der Waals surface area (Å²) in [5, 5.41) is 0. The summed E-state index contributed by atoms with van der Waals surface area (Å²) >= 11 is 0. The lowest BCUT2D eigenvalue weighted by Crippen LogP contribution is -2.61. The first-order chi connectivity index (χ1) is 8.51. The van der Waals surface area contributed by atoms with E-state index in [4.69, 9.17) is 14.2 Å². The first-order valence-corrected chi connectivity index (χ1v) is 5.92. The highest BCUT2D eigenvalue weighted by atomic mass is 16.7. The number of allylic oxidation sites excluding steroid dienone is 1. The minimum atomic E-state index is -1.24. The van der Waals surface area contributed by atoms with Crippen LogP contribution in [0.2, 0.25) is 0 Å². The molecule has 1 unspecified atom stereocenters. The lowest BCUT2D eigenvalue weighted by Gasteiger charge is -2.49. The van der Waals surface area contributed by atoms with E-state index in [-0.39, 0.29) is 17.7 Å². The molecule has 0 amide bonds. The van der Waals surface area contributed by atoms with Gasteiger partial charge in [0.05, 0.1) is 18.9 Å². The summed E-state index contributed by atoms with van der Waals surface area (Å²) in [6, 6.07) is 0. The average Bonchev–Trinajstić information content (AvgIpc) is 2.39. The summed E-state index contributed by atoms with van der Waals surface area (Å²) < 4.78 is 15.4. The Morgan fingerprint density at radius 1 is 1.33 bits per heavy atom. The van der Waals surface area contributed by atoms with Gasteiger partial charge in [-0.1, -0.05) is 11.6 Å². The highest BCUT2D eigenvalue weighted by Gasteiger charge is 2.60. The van der Waals surface area contributed by atoms with Crippen LogP contribution in [0.5, 0.6) is 0 Å². The lowest BCUT2D eigenvalue weighted by atomic mass is 9.62. The van der Waals surface area contributed by atoms with E-state index >= 15 is 0 Å². The smallest absolute Gasteiger partial charge is 0.309 e. The molecule has 0 aromatic carbocycles. The largest absolute Gasteiger partial charge is 0.469 e. The summed E-state index contributed by atoms with van der Waals surface area (Å²) in [6.45, 7) is 1.93. The van der Waals surface area contributed by atoms with Crippen molar-refractivity contribution in [2.24, 2.45) is 17.8 Å². The summed E-state index contributed by atoms with van der Waals surface area (Å²) in [5.74, 6) is -2.94. The van der Waals surface area contributed by atoms with Crippen LogP contribution in [0.15, 0.2) is 11.6 Å². The summed E-state index contributed by atoms with van der Waals surface area (Å²) in [5.41, 5.74) is 1.03. The van der Waals surface area contributed by atoms with Gasteiger partial charge in [-0.2, -0.15) is 0 Å². The Kier molecular flexibility index (Phi) is 3.29. The molecular weight excluding hydrogens is 236 g/mol. The minimum Gasteiger partial charge on any atom is -0.469 e. The van der Waals surface area contributed by atoms with Gasteiger partial charge in [0.15, 0.2) is 5.78 Å². The molecule has 3 atom stereocenters. The second-order valence-corrected chi connectivity index (χ2v) is 4.79. The van der Waals surface area contributed by atoms with E-state index in [0.717, 1.165) is 5.57 Å². The lowest BCUT2D eigenvalue weighted by molar-refractivity contribution is -0.242. The predicted octanol–water partition coefficient (Wildman–Crippen LogP) is 0.930. The second kappa shape index (κ2) is 4.48. The number of rotatable bonds is 3. The van der Waals surface area contributed by atoms with Crippen LogP contribution >= 0.6 is 0 Å². The highest BCUT2D eigenvalue weighted by Crippen LogP contribution is 2.49. The molecule has 18 heavy (non-hydrogen) atoms. The standard InChI is InChI=1S/C13H18O5/c1-7-5-8-9(12(15)16-2)6-10(7)13(17-3,18-4)11(8)14/h5,8-10H,6H2,1-4H3/t8-,9?,10-/m0/s1. The van der Waals surface area contributed by atoms with E-state index in [0.29, 0.717) is 6.42 Å². The highest BCUT2D eigenvalue weighted by molar-refractivity contribution is 5.96. The fourth-order valence-electron chi connectivity index (χ4n) is 3.18. The Balaban J connectivity index is 2.42. The molecule has 5 nitrogen and oxygen atoms in total. The number of hydrogen-bond acceptors (Lipinski definition) is 5.